The standard InChI is InChI=1S/C30H24N2O2/c31-25-15-7-9-17-27(25)33-29-20-24(22-13-5-2-6-14-22)30(34-28-18-10-8-16-26(28)32)19-23(29)21-11-3-1-4-12-21/h1-20H,31-32H2. The number of anilines is 2. The Balaban J connectivity index is 1.72. The Kier molecular flexibility index (Phi) is 5.87. The van der Waals surface area contributed by atoms with Crippen LogP contribution in [0.25, 0.3) is 22.3 Å². The van der Waals surface area contributed by atoms with Crippen LogP contribution in [0.15, 0.2) is 121 Å². The van der Waals surface area contributed by atoms with Gasteiger partial charge in [0.2, 0.25) is 0 Å². The van der Waals surface area contributed by atoms with Crippen molar-refractivity contribution in [3.63, 3.8) is 0 Å². The van der Waals surface area contributed by atoms with E-state index in [0.29, 0.717) is 34.4 Å². The van der Waals surface area contributed by atoms with Gasteiger partial charge in [-0.2, -0.15) is 0 Å². The average Bonchev–Trinajstić information content (AvgIpc) is 2.88. The molecule has 0 spiro atoms. The zero-order valence-electron chi connectivity index (χ0n) is 18.5. The van der Waals surface area contributed by atoms with Crippen molar-refractivity contribution in [2.24, 2.45) is 0 Å². The molecular weight excluding hydrogens is 420 g/mol. The summed E-state index contributed by atoms with van der Waals surface area (Å²) in [6.07, 6.45) is 0. The molecule has 0 bridgehead atoms. The lowest BCUT2D eigenvalue weighted by atomic mass is 9.97. The molecule has 0 saturated heterocycles. The molecule has 0 aliphatic carbocycles. The zero-order valence-corrected chi connectivity index (χ0v) is 18.5. The number of rotatable bonds is 6. The third-order valence-corrected chi connectivity index (χ3v) is 5.53. The number of nitrogens with two attached hydrogens (primary N) is 2. The van der Waals surface area contributed by atoms with E-state index in [-0.39, 0.29) is 0 Å². The summed E-state index contributed by atoms with van der Waals surface area (Å²) in [5.41, 5.74) is 17.3. The highest BCUT2D eigenvalue weighted by Crippen LogP contribution is 2.45. The molecule has 4 N–H and O–H groups in total. The number of para-hydroxylation sites is 4. The summed E-state index contributed by atoms with van der Waals surface area (Å²) in [4.78, 5) is 0. The highest BCUT2D eigenvalue weighted by molar-refractivity contribution is 5.82. The van der Waals surface area contributed by atoms with Crippen molar-refractivity contribution >= 4 is 11.4 Å². The second kappa shape index (κ2) is 9.43. The van der Waals surface area contributed by atoms with Crippen LogP contribution in [-0.4, -0.2) is 0 Å². The van der Waals surface area contributed by atoms with E-state index < -0.39 is 0 Å². The lowest BCUT2D eigenvalue weighted by Gasteiger charge is -2.19. The minimum Gasteiger partial charge on any atom is -0.455 e. The molecule has 0 saturated carbocycles. The Labute approximate surface area is 199 Å². The summed E-state index contributed by atoms with van der Waals surface area (Å²) in [6, 6.07) is 39.1. The first-order valence-electron chi connectivity index (χ1n) is 11.0. The fourth-order valence-electron chi connectivity index (χ4n) is 3.80. The van der Waals surface area contributed by atoms with E-state index >= 15 is 0 Å². The summed E-state index contributed by atoms with van der Waals surface area (Å²) in [5.74, 6) is 2.55. The molecule has 0 aliphatic heterocycles. The van der Waals surface area contributed by atoms with Gasteiger partial charge in [-0.1, -0.05) is 84.9 Å². The molecule has 0 unspecified atom stereocenters. The van der Waals surface area contributed by atoms with Crippen molar-refractivity contribution in [1.82, 2.24) is 0 Å². The summed E-state index contributed by atoms with van der Waals surface area (Å²) in [6.45, 7) is 0. The molecule has 5 rings (SSSR count). The molecular formula is C30H24N2O2. The molecule has 0 aromatic heterocycles. The summed E-state index contributed by atoms with van der Waals surface area (Å²) in [5, 5.41) is 0. The predicted molar refractivity (Wildman–Crippen MR) is 139 cm³/mol. The topological polar surface area (TPSA) is 70.5 Å². The SMILES string of the molecule is Nc1ccccc1Oc1cc(-c2ccccc2)c(Oc2ccccc2N)cc1-c1ccccc1. The molecule has 0 fully saturated rings. The van der Waals surface area contributed by atoms with Crippen molar-refractivity contribution < 1.29 is 9.47 Å². The van der Waals surface area contributed by atoms with Gasteiger partial charge in [0.1, 0.15) is 23.0 Å². The normalized spacial score (nSPS) is 10.6. The molecule has 0 heterocycles. The third-order valence-electron chi connectivity index (χ3n) is 5.53. The van der Waals surface area contributed by atoms with Crippen molar-refractivity contribution in [2.45, 2.75) is 0 Å². The maximum Gasteiger partial charge on any atom is 0.150 e. The average molecular weight is 445 g/mol. The van der Waals surface area contributed by atoms with Gasteiger partial charge in [-0.05, 0) is 47.5 Å². The van der Waals surface area contributed by atoms with E-state index in [9.17, 15) is 0 Å². The molecule has 0 radical (unpaired) electrons. The Morgan fingerprint density at radius 2 is 0.735 bits per heavy atom. The van der Waals surface area contributed by atoms with Gasteiger partial charge in [0.25, 0.3) is 0 Å². The van der Waals surface area contributed by atoms with Crippen LogP contribution in [0.4, 0.5) is 11.4 Å². The van der Waals surface area contributed by atoms with Crippen molar-refractivity contribution in [2.75, 3.05) is 11.5 Å². The molecule has 166 valence electrons. The van der Waals surface area contributed by atoms with E-state index in [4.69, 9.17) is 20.9 Å². The Bertz CT molecular complexity index is 1310. The van der Waals surface area contributed by atoms with E-state index in [1.54, 1.807) is 0 Å². The Morgan fingerprint density at radius 1 is 0.382 bits per heavy atom. The second-order valence-corrected chi connectivity index (χ2v) is 7.86. The lowest BCUT2D eigenvalue weighted by molar-refractivity contribution is 0.475. The third kappa shape index (κ3) is 4.43. The van der Waals surface area contributed by atoms with Crippen LogP contribution >= 0.6 is 0 Å². The van der Waals surface area contributed by atoms with Crippen molar-refractivity contribution in [1.29, 1.82) is 0 Å². The first-order chi connectivity index (χ1) is 16.7. The molecule has 4 heteroatoms. The smallest absolute Gasteiger partial charge is 0.150 e. The van der Waals surface area contributed by atoms with Gasteiger partial charge in [0.15, 0.2) is 0 Å². The van der Waals surface area contributed by atoms with Gasteiger partial charge < -0.3 is 20.9 Å². The molecule has 4 nitrogen and oxygen atoms in total. The zero-order chi connectivity index (χ0) is 23.3. The number of hydrogen-bond donors (Lipinski definition) is 2. The van der Waals surface area contributed by atoms with E-state index in [2.05, 4.69) is 0 Å². The summed E-state index contributed by atoms with van der Waals surface area (Å²) in [7, 11) is 0. The fraction of sp³-hybridized carbons (Fsp3) is 0. The molecule has 0 aliphatic rings. The van der Waals surface area contributed by atoms with Crippen LogP contribution in [0, 0.1) is 0 Å². The molecule has 0 atom stereocenters. The lowest BCUT2D eigenvalue weighted by Crippen LogP contribution is -1.97. The van der Waals surface area contributed by atoms with Gasteiger partial charge in [0, 0.05) is 11.1 Å². The van der Waals surface area contributed by atoms with E-state index in [1.807, 2.05) is 121 Å². The second-order valence-electron chi connectivity index (χ2n) is 7.86. The van der Waals surface area contributed by atoms with Gasteiger partial charge in [-0.3, -0.25) is 0 Å². The Hall–Kier alpha value is -4.70. The number of hydrogen-bond acceptors (Lipinski definition) is 4. The maximum atomic E-state index is 6.38. The van der Waals surface area contributed by atoms with E-state index in [0.717, 1.165) is 22.3 Å². The summed E-state index contributed by atoms with van der Waals surface area (Å²) >= 11 is 0. The van der Waals surface area contributed by atoms with Gasteiger partial charge >= 0.3 is 0 Å². The highest BCUT2D eigenvalue weighted by atomic mass is 16.5. The van der Waals surface area contributed by atoms with Gasteiger partial charge in [-0.25, -0.2) is 0 Å². The summed E-state index contributed by atoms with van der Waals surface area (Å²) < 4.78 is 12.8. The van der Waals surface area contributed by atoms with Gasteiger partial charge in [-0.15, -0.1) is 0 Å². The van der Waals surface area contributed by atoms with Crippen LogP contribution < -0.4 is 20.9 Å². The molecule has 5 aromatic carbocycles. The van der Waals surface area contributed by atoms with Crippen molar-refractivity contribution in [3.05, 3.63) is 121 Å². The number of ether oxygens (including phenoxy) is 2. The first-order valence-corrected chi connectivity index (χ1v) is 11.0. The van der Waals surface area contributed by atoms with Crippen LogP contribution in [0.5, 0.6) is 23.0 Å². The Morgan fingerprint density at radius 3 is 1.12 bits per heavy atom. The minimum atomic E-state index is 0.570. The maximum absolute atomic E-state index is 6.38. The van der Waals surface area contributed by atoms with Crippen LogP contribution in [-0.2, 0) is 0 Å². The number of nitrogen functional groups attached to an aromatic ring is 2. The monoisotopic (exact) mass is 444 g/mol. The molecule has 0 amide bonds. The highest BCUT2D eigenvalue weighted by Gasteiger charge is 2.18. The van der Waals surface area contributed by atoms with Crippen LogP contribution in [0.1, 0.15) is 0 Å². The van der Waals surface area contributed by atoms with Crippen LogP contribution in [0.3, 0.4) is 0 Å². The van der Waals surface area contributed by atoms with Gasteiger partial charge in [0.05, 0.1) is 11.4 Å². The fourth-order valence-corrected chi connectivity index (χ4v) is 3.80. The first kappa shape index (κ1) is 21.2. The van der Waals surface area contributed by atoms with Crippen LogP contribution in [0.2, 0.25) is 0 Å². The minimum absolute atomic E-state index is 0.570. The predicted octanol–water partition coefficient (Wildman–Crippen LogP) is 7.77. The molecule has 5 aromatic rings. The van der Waals surface area contributed by atoms with E-state index in [1.165, 1.54) is 0 Å². The van der Waals surface area contributed by atoms with Crippen molar-refractivity contribution in [3.8, 4) is 45.3 Å². The molecule has 34 heavy (non-hydrogen) atoms. The largest absolute Gasteiger partial charge is 0.455 e. The number of benzene rings is 5. The quantitative estimate of drug-likeness (QED) is 0.262.